The van der Waals surface area contributed by atoms with Crippen molar-refractivity contribution in [2.45, 2.75) is 0 Å². The van der Waals surface area contributed by atoms with Gasteiger partial charge >= 0.3 is 0 Å². The zero-order valence-corrected chi connectivity index (χ0v) is 8.40. The van der Waals surface area contributed by atoms with Crippen LogP contribution in [0, 0.1) is 0 Å². The van der Waals surface area contributed by atoms with E-state index in [0.717, 1.165) is 0 Å². The first kappa shape index (κ1) is 9.86. The van der Waals surface area contributed by atoms with E-state index < -0.39 is 0 Å². The molecule has 1 aromatic rings. The number of amides is 2. The molecule has 4 nitrogen and oxygen atoms in total. The molecular weight excluding hydrogens is 194 g/mol. The lowest BCUT2D eigenvalue weighted by molar-refractivity contribution is 0.0603. The Labute approximate surface area is 87.4 Å². The predicted octanol–water partition coefficient (Wildman–Crippen LogP) is 0.929. The fraction of sp³-hybridized carbons (Fsp3) is 0.273. The van der Waals surface area contributed by atoms with E-state index in [1.54, 1.807) is 24.3 Å². The van der Waals surface area contributed by atoms with E-state index in [1.807, 2.05) is 0 Å². The lowest BCUT2D eigenvalue weighted by atomic mass is 10.1. The van der Waals surface area contributed by atoms with Crippen LogP contribution in [0.4, 0.5) is 0 Å². The Bertz CT molecular complexity index is 379. The fourth-order valence-electron chi connectivity index (χ4n) is 1.62. The molecule has 0 radical (unpaired) electrons. The number of rotatable bonds is 3. The fourth-order valence-corrected chi connectivity index (χ4v) is 1.62. The molecule has 0 N–H and O–H groups in total. The Kier molecular flexibility index (Phi) is 2.51. The highest BCUT2D eigenvalue weighted by Gasteiger charge is 2.34. The number of carbonyl (C=O) groups excluding carboxylic acids is 2. The molecule has 1 aliphatic rings. The maximum absolute atomic E-state index is 11.8. The quantitative estimate of drug-likeness (QED) is 0.689. The smallest absolute Gasteiger partial charge is 0.261 e. The van der Waals surface area contributed by atoms with E-state index in [1.165, 1.54) is 12.0 Å². The largest absolute Gasteiger partial charge is 0.383 e. The summed E-state index contributed by atoms with van der Waals surface area (Å²) in [5, 5.41) is 0. The molecule has 1 heterocycles. The summed E-state index contributed by atoms with van der Waals surface area (Å²) >= 11 is 0. The van der Waals surface area contributed by atoms with E-state index in [4.69, 9.17) is 4.74 Å². The van der Waals surface area contributed by atoms with Crippen molar-refractivity contribution in [2.24, 2.45) is 0 Å². The van der Waals surface area contributed by atoms with Crippen LogP contribution in [0.3, 0.4) is 0 Å². The second-order valence-corrected chi connectivity index (χ2v) is 3.30. The summed E-state index contributed by atoms with van der Waals surface area (Å²) < 4.78 is 4.85. The van der Waals surface area contributed by atoms with E-state index in [0.29, 0.717) is 24.3 Å². The molecule has 0 saturated carbocycles. The summed E-state index contributed by atoms with van der Waals surface area (Å²) in [7, 11) is 1.54. The topological polar surface area (TPSA) is 46.6 Å². The van der Waals surface area contributed by atoms with Gasteiger partial charge in [-0.15, -0.1) is 0 Å². The number of ether oxygens (including phenoxy) is 1. The predicted molar refractivity (Wildman–Crippen MR) is 53.7 cm³/mol. The van der Waals surface area contributed by atoms with Crippen LogP contribution in [0.15, 0.2) is 24.3 Å². The summed E-state index contributed by atoms with van der Waals surface area (Å²) in [5.41, 5.74) is 0.970. The maximum Gasteiger partial charge on any atom is 0.261 e. The van der Waals surface area contributed by atoms with Crippen molar-refractivity contribution in [3.63, 3.8) is 0 Å². The van der Waals surface area contributed by atoms with Gasteiger partial charge in [0.25, 0.3) is 11.8 Å². The second kappa shape index (κ2) is 3.82. The molecule has 0 spiro atoms. The Morgan fingerprint density at radius 1 is 1.13 bits per heavy atom. The number of methoxy groups -OCH3 is 1. The third-order valence-corrected chi connectivity index (χ3v) is 2.40. The molecule has 1 aliphatic heterocycles. The molecule has 0 atom stereocenters. The van der Waals surface area contributed by atoms with Crippen LogP contribution in [0.25, 0.3) is 0 Å². The van der Waals surface area contributed by atoms with Crippen molar-refractivity contribution >= 4 is 11.8 Å². The van der Waals surface area contributed by atoms with Crippen LogP contribution in [0.2, 0.25) is 0 Å². The second-order valence-electron chi connectivity index (χ2n) is 3.30. The van der Waals surface area contributed by atoms with Crippen LogP contribution < -0.4 is 0 Å². The highest BCUT2D eigenvalue weighted by atomic mass is 16.5. The van der Waals surface area contributed by atoms with Gasteiger partial charge in [-0.1, -0.05) is 12.1 Å². The SMILES string of the molecule is COCCN1C(=O)c2ccccc2C1=O. The van der Waals surface area contributed by atoms with E-state index in [-0.39, 0.29) is 11.8 Å². The van der Waals surface area contributed by atoms with Crippen LogP contribution in [0.5, 0.6) is 0 Å². The molecule has 4 heteroatoms. The minimum atomic E-state index is -0.229. The van der Waals surface area contributed by atoms with Gasteiger partial charge in [0.1, 0.15) is 0 Å². The Hall–Kier alpha value is -1.68. The third kappa shape index (κ3) is 1.53. The average molecular weight is 205 g/mol. The van der Waals surface area contributed by atoms with Crippen molar-refractivity contribution in [3.8, 4) is 0 Å². The van der Waals surface area contributed by atoms with Gasteiger partial charge in [0.15, 0.2) is 0 Å². The number of hydrogen-bond acceptors (Lipinski definition) is 3. The number of benzene rings is 1. The number of hydrogen-bond donors (Lipinski definition) is 0. The number of carbonyl (C=O) groups is 2. The van der Waals surface area contributed by atoms with Crippen molar-refractivity contribution in [2.75, 3.05) is 20.3 Å². The molecule has 0 fully saturated rings. The summed E-state index contributed by atoms with van der Waals surface area (Å²) in [5.74, 6) is -0.458. The lowest BCUT2D eigenvalue weighted by Gasteiger charge is -2.12. The molecule has 15 heavy (non-hydrogen) atoms. The third-order valence-electron chi connectivity index (χ3n) is 2.40. The first-order chi connectivity index (χ1) is 7.25. The van der Waals surface area contributed by atoms with Crippen LogP contribution in [-0.2, 0) is 4.74 Å². The van der Waals surface area contributed by atoms with Crippen LogP contribution in [0.1, 0.15) is 20.7 Å². The minimum Gasteiger partial charge on any atom is -0.383 e. The highest BCUT2D eigenvalue weighted by molar-refractivity contribution is 6.21. The van der Waals surface area contributed by atoms with Gasteiger partial charge in [-0.3, -0.25) is 14.5 Å². The zero-order chi connectivity index (χ0) is 10.8. The van der Waals surface area contributed by atoms with Gasteiger partial charge in [-0.2, -0.15) is 0 Å². The van der Waals surface area contributed by atoms with Gasteiger partial charge in [0, 0.05) is 7.11 Å². The first-order valence-electron chi connectivity index (χ1n) is 4.70. The van der Waals surface area contributed by atoms with Crippen molar-refractivity contribution in [1.29, 1.82) is 0 Å². The van der Waals surface area contributed by atoms with Crippen molar-refractivity contribution < 1.29 is 14.3 Å². The summed E-state index contributed by atoms with van der Waals surface area (Å²) in [6, 6.07) is 6.85. The van der Waals surface area contributed by atoms with Gasteiger partial charge in [0.2, 0.25) is 0 Å². The maximum atomic E-state index is 11.8. The van der Waals surface area contributed by atoms with Gasteiger partial charge in [-0.25, -0.2) is 0 Å². The number of fused-ring (bicyclic) bond motifs is 1. The molecule has 0 unspecified atom stereocenters. The van der Waals surface area contributed by atoms with Gasteiger partial charge < -0.3 is 4.74 Å². The molecule has 1 aromatic carbocycles. The summed E-state index contributed by atoms with van der Waals surface area (Å²) in [6.07, 6.45) is 0. The standard InChI is InChI=1S/C11H11NO3/c1-15-7-6-12-10(13)8-4-2-3-5-9(8)11(12)14/h2-5H,6-7H2,1H3. The Morgan fingerprint density at radius 3 is 2.13 bits per heavy atom. The first-order valence-corrected chi connectivity index (χ1v) is 4.70. The molecule has 0 saturated heterocycles. The molecule has 0 aromatic heterocycles. The molecule has 0 bridgehead atoms. The monoisotopic (exact) mass is 205 g/mol. The van der Waals surface area contributed by atoms with Crippen molar-refractivity contribution in [3.05, 3.63) is 35.4 Å². The molecule has 2 rings (SSSR count). The molecule has 78 valence electrons. The molecule has 2 amide bonds. The molecular formula is C11H11NO3. The Balaban J connectivity index is 2.29. The van der Waals surface area contributed by atoms with Gasteiger partial charge in [0.05, 0.1) is 24.3 Å². The van der Waals surface area contributed by atoms with E-state index in [9.17, 15) is 9.59 Å². The normalized spacial score (nSPS) is 14.6. The highest BCUT2D eigenvalue weighted by Crippen LogP contribution is 2.21. The minimum absolute atomic E-state index is 0.229. The van der Waals surface area contributed by atoms with E-state index >= 15 is 0 Å². The van der Waals surface area contributed by atoms with E-state index in [2.05, 4.69) is 0 Å². The average Bonchev–Trinajstić information content (AvgIpc) is 2.51. The van der Waals surface area contributed by atoms with Crippen LogP contribution in [-0.4, -0.2) is 37.0 Å². The molecule has 0 aliphatic carbocycles. The van der Waals surface area contributed by atoms with Crippen LogP contribution >= 0.6 is 0 Å². The lowest BCUT2D eigenvalue weighted by Crippen LogP contribution is -2.32. The Morgan fingerprint density at radius 2 is 1.67 bits per heavy atom. The zero-order valence-electron chi connectivity index (χ0n) is 8.40. The number of nitrogens with zero attached hydrogens (tertiary/aromatic N) is 1. The van der Waals surface area contributed by atoms with Crippen molar-refractivity contribution in [1.82, 2.24) is 4.90 Å². The summed E-state index contributed by atoms with van der Waals surface area (Å²) in [6.45, 7) is 0.675. The summed E-state index contributed by atoms with van der Waals surface area (Å²) in [4.78, 5) is 24.7. The van der Waals surface area contributed by atoms with Gasteiger partial charge in [-0.05, 0) is 12.1 Å². The number of imide groups is 1.